The molecule has 114 valence electrons. The smallest absolute Gasteiger partial charge is 0.155 e. The number of benzene rings is 3. The minimum Gasteiger partial charge on any atom is -0.356 e. The number of rotatable bonds is 3. The van der Waals surface area contributed by atoms with E-state index in [1.54, 1.807) is 0 Å². The number of para-hydroxylation sites is 1. The molecule has 2 atom stereocenters. The first-order chi connectivity index (χ1) is 11.4. The lowest BCUT2D eigenvalue weighted by Gasteiger charge is -2.33. The zero-order valence-corrected chi connectivity index (χ0v) is 12.9. The minimum absolute atomic E-state index is 0.0762. The van der Waals surface area contributed by atoms with Crippen LogP contribution in [0.2, 0.25) is 0 Å². The van der Waals surface area contributed by atoms with Crippen molar-refractivity contribution in [2.45, 2.75) is 18.8 Å². The third kappa shape index (κ3) is 2.99. The largest absolute Gasteiger partial charge is 0.356 e. The number of hydrogen-bond acceptors (Lipinski definition) is 2. The predicted octanol–water partition coefficient (Wildman–Crippen LogP) is 5.11. The Kier molecular flexibility index (Phi) is 3.83. The molecule has 2 nitrogen and oxygen atoms in total. The van der Waals surface area contributed by atoms with E-state index in [4.69, 9.17) is 4.74 Å². The number of nitrogens with one attached hydrogen (secondary N) is 1. The molecule has 0 radical (unpaired) electrons. The van der Waals surface area contributed by atoms with Crippen molar-refractivity contribution in [3.05, 3.63) is 102 Å². The van der Waals surface area contributed by atoms with Gasteiger partial charge < -0.3 is 10.1 Å². The van der Waals surface area contributed by atoms with E-state index >= 15 is 0 Å². The topological polar surface area (TPSA) is 21.3 Å². The van der Waals surface area contributed by atoms with Crippen LogP contribution in [0, 0.1) is 0 Å². The molecule has 23 heavy (non-hydrogen) atoms. The molecule has 0 bridgehead atoms. The monoisotopic (exact) mass is 301 g/mol. The van der Waals surface area contributed by atoms with Crippen molar-refractivity contribution in [3.8, 4) is 0 Å². The Morgan fingerprint density at radius 1 is 0.739 bits per heavy atom. The quantitative estimate of drug-likeness (QED) is 0.725. The van der Waals surface area contributed by atoms with Gasteiger partial charge in [-0.2, -0.15) is 0 Å². The van der Waals surface area contributed by atoms with Crippen LogP contribution in [0.5, 0.6) is 0 Å². The zero-order valence-electron chi connectivity index (χ0n) is 12.9. The molecule has 0 saturated carbocycles. The molecule has 0 amide bonds. The third-order valence-corrected chi connectivity index (χ3v) is 4.29. The first kappa shape index (κ1) is 14.0. The number of ether oxygens (including phenoxy) is 1. The fourth-order valence-electron chi connectivity index (χ4n) is 3.12. The molecule has 1 aliphatic rings. The first-order valence-corrected chi connectivity index (χ1v) is 8.00. The van der Waals surface area contributed by atoms with E-state index in [9.17, 15) is 0 Å². The standard InChI is InChI=1S/C21H19NO/c1-3-9-16(10-4-1)20-15-17-11-7-8-14-19(17)21(23-20)22-18-12-5-2-6-13-18/h1-14,20-22H,15H2. The highest BCUT2D eigenvalue weighted by Crippen LogP contribution is 2.37. The number of anilines is 1. The lowest BCUT2D eigenvalue weighted by Crippen LogP contribution is -2.25. The summed E-state index contributed by atoms with van der Waals surface area (Å²) in [6.07, 6.45) is 0.854. The lowest BCUT2D eigenvalue weighted by atomic mass is 9.93. The summed E-state index contributed by atoms with van der Waals surface area (Å²) in [5, 5.41) is 3.51. The normalized spacial score (nSPS) is 19.8. The summed E-state index contributed by atoms with van der Waals surface area (Å²) >= 11 is 0. The molecule has 4 rings (SSSR count). The molecule has 0 aromatic heterocycles. The highest BCUT2D eigenvalue weighted by Gasteiger charge is 2.28. The second kappa shape index (κ2) is 6.27. The van der Waals surface area contributed by atoms with Crippen molar-refractivity contribution in [2.24, 2.45) is 0 Å². The van der Waals surface area contributed by atoms with E-state index in [-0.39, 0.29) is 12.3 Å². The Hall–Kier alpha value is -2.58. The van der Waals surface area contributed by atoms with Gasteiger partial charge in [-0.05, 0) is 23.3 Å². The maximum absolute atomic E-state index is 6.39. The van der Waals surface area contributed by atoms with Gasteiger partial charge in [0.15, 0.2) is 6.23 Å². The summed E-state index contributed by atoms with van der Waals surface area (Å²) in [6.45, 7) is 0. The van der Waals surface area contributed by atoms with E-state index < -0.39 is 0 Å². The maximum atomic E-state index is 6.39. The summed E-state index contributed by atoms with van der Waals surface area (Å²) in [5.74, 6) is 0. The Morgan fingerprint density at radius 3 is 2.17 bits per heavy atom. The second-order valence-electron chi connectivity index (χ2n) is 5.83. The molecule has 0 aliphatic carbocycles. The first-order valence-electron chi connectivity index (χ1n) is 8.00. The molecule has 1 heterocycles. The van der Waals surface area contributed by atoms with Gasteiger partial charge in [0.2, 0.25) is 0 Å². The van der Waals surface area contributed by atoms with Crippen LogP contribution < -0.4 is 5.32 Å². The van der Waals surface area contributed by atoms with Gasteiger partial charge >= 0.3 is 0 Å². The van der Waals surface area contributed by atoms with Gasteiger partial charge in [0.25, 0.3) is 0 Å². The van der Waals surface area contributed by atoms with Gasteiger partial charge in [-0.25, -0.2) is 0 Å². The molecule has 2 unspecified atom stereocenters. The van der Waals surface area contributed by atoms with Crippen molar-refractivity contribution < 1.29 is 4.74 Å². The maximum Gasteiger partial charge on any atom is 0.155 e. The minimum atomic E-state index is -0.132. The van der Waals surface area contributed by atoms with E-state index in [1.807, 2.05) is 24.3 Å². The number of fused-ring (bicyclic) bond motifs is 1. The van der Waals surface area contributed by atoms with E-state index in [2.05, 4.69) is 66.0 Å². The average Bonchev–Trinajstić information content (AvgIpc) is 2.63. The number of hydrogen-bond donors (Lipinski definition) is 1. The van der Waals surface area contributed by atoms with Gasteiger partial charge in [0, 0.05) is 17.7 Å². The van der Waals surface area contributed by atoms with Gasteiger partial charge in [-0.3, -0.25) is 0 Å². The SMILES string of the molecule is c1ccc(NC2OC(c3ccccc3)Cc3ccccc32)cc1. The molecule has 1 aliphatic heterocycles. The van der Waals surface area contributed by atoms with Crippen molar-refractivity contribution >= 4 is 5.69 Å². The molecular weight excluding hydrogens is 282 g/mol. The van der Waals surface area contributed by atoms with Crippen LogP contribution in [0.15, 0.2) is 84.9 Å². The van der Waals surface area contributed by atoms with Crippen LogP contribution >= 0.6 is 0 Å². The summed E-state index contributed by atoms with van der Waals surface area (Å²) < 4.78 is 6.39. The zero-order chi connectivity index (χ0) is 15.5. The van der Waals surface area contributed by atoms with E-state index in [0.29, 0.717) is 0 Å². The van der Waals surface area contributed by atoms with Gasteiger partial charge in [-0.15, -0.1) is 0 Å². The molecule has 0 saturated heterocycles. The van der Waals surface area contributed by atoms with Crippen molar-refractivity contribution in [1.82, 2.24) is 0 Å². The van der Waals surface area contributed by atoms with Crippen LogP contribution in [0.1, 0.15) is 29.0 Å². The fourth-order valence-corrected chi connectivity index (χ4v) is 3.12. The Morgan fingerprint density at radius 2 is 1.39 bits per heavy atom. The summed E-state index contributed by atoms with van der Waals surface area (Å²) in [7, 11) is 0. The van der Waals surface area contributed by atoms with Gasteiger partial charge in [0.1, 0.15) is 0 Å². The summed E-state index contributed by atoms with van der Waals surface area (Å²) in [4.78, 5) is 0. The lowest BCUT2D eigenvalue weighted by molar-refractivity contribution is -0.0120. The van der Waals surface area contributed by atoms with Crippen LogP contribution in [-0.4, -0.2) is 0 Å². The Balaban J connectivity index is 1.67. The summed E-state index contributed by atoms with van der Waals surface area (Å²) in [5.41, 5.74) is 4.87. The second-order valence-corrected chi connectivity index (χ2v) is 5.83. The van der Waals surface area contributed by atoms with Crippen LogP contribution in [0.3, 0.4) is 0 Å². The highest BCUT2D eigenvalue weighted by atomic mass is 16.5. The van der Waals surface area contributed by atoms with E-state index in [0.717, 1.165) is 12.1 Å². The molecule has 0 spiro atoms. The predicted molar refractivity (Wildman–Crippen MR) is 93.2 cm³/mol. The summed E-state index contributed by atoms with van der Waals surface area (Å²) in [6, 6.07) is 29.2. The average molecular weight is 301 g/mol. The molecular formula is C21H19NO. The molecule has 3 aromatic carbocycles. The molecule has 0 fully saturated rings. The molecule has 2 heteroatoms. The van der Waals surface area contributed by atoms with Crippen molar-refractivity contribution in [3.63, 3.8) is 0 Å². The van der Waals surface area contributed by atoms with Gasteiger partial charge in [-0.1, -0.05) is 72.8 Å². The highest BCUT2D eigenvalue weighted by molar-refractivity contribution is 5.46. The Labute approximate surface area is 136 Å². The van der Waals surface area contributed by atoms with Crippen molar-refractivity contribution in [1.29, 1.82) is 0 Å². The van der Waals surface area contributed by atoms with Crippen LogP contribution in [-0.2, 0) is 11.2 Å². The van der Waals surface area contributed by atoms with Gasteiger partial charge in [0.05, 0.1) is 6.10 Å². The Bertz CT molecular complexity index is 770. The third-order valence-electron chi connectivity index (χ3n) is 4.29. The van der Waals surface area contributed by atoms with E-state index in [1.165, 1.54) is 16.7 Å². The van der Waals surface area contributed by atoms with Crippen LogP contribution in [0.25, 0.3) is 0 Å². The fraction of sp³-hybridized carbons (Fsp3) is 0.143. The van der Waals surface area contributed by atoms with Crippen LogP contribution in [0.4, 0.5) is 5.69 Å². The molecule has 1 N–H and O–H groups in total. The van der Waals surface area contributed by atoms with Crippen molar-refractivity contribution in [2.75, 3.05) is 5.32 Å². The molecule has 3 aromatic rings.